The quantitative estimate of drug-likeness (QED) is 0.201. The van der Waals surface area contributed by atoms with Crippen LogP contribution in [0.1, 0.15) is 40.5 Å². The van der Waals surface area contributed by atoms with Gasteiger partial charge in [0, 0.05) is 36.6 Å². The average molecular weight is 555 g/mol. The van der Waals surface area contributed by atoms with Gasteiger partial charge in [-0.1, -0.05) is 72.8 Å². The Morgan fingerprint density at radius 1 is 0.643 bits per heavy atom. The van der Waals surface area contributed by atoms with Crippen molar-refractivity contribution in [1.29, 1.82) is 0 Å². The van der Waals surface area contributed by atoms with E-state index in [1.807, 2.05) is 54.6 Å². The highest BCUT2D eigenvalue weighted by molar-refractivity contribution is 6.23. The molecule has 0 unspecified atom stereocenters. The molecule has 3 aliphatic carbocycles. The highest BCUT2D eigenvalue weighted by atomic mass is 16.5. The van der Waals surface area contributed by atoms with Crippen molar-refractivity contribution in [2.75, 3.05) is 16.3 Å². The monoisotopic (exact) mass is 554 g/mol. The number of para-hydroxylation sites is 1. The first kappa shape index (κ1) is 24.7. The van der Waals surface area contributed by atoms with Gasteiger partial charge in [-0.3, -0.25) is 19.2 Å². The number of ether oxygens (including phenoxy) is 1. The minimum Gasteiger partial charge on any atom is -0.426 e. The van der Waals surface area contributed by atoms with Crippen LogP contribution in [0.25, 0.3) is 0 Å². The third kappa shape index (κ3) is 3.52. The van der Waals surface area contributed by atoms with Crippen molar-refractivity contribution < 1.29 is 23.9 Å². The Morgan fingerprint density at radius 2 is 1.17 bits per heavy atom. The summed E-state index contributed by atoms with van der Waals surface area (Å²) < 4.78 is 5.71. The molecule has 0 N–H and O–H groups in total. The van der Waals surface area contributed by atoms with Crippen LogP contribution >= 0.6 is 0 Å². The van der Waals surface area contributed by atoms with Crippen LogP contribution in [-0.4, -0.2) is 30.2 Å². The molecule has 4 aromatic rings. The normalized spacial score (nSPS) is 25.3. The van der Waals surface area contributed by atoms with Crippen molar-refractivity contribution in [3.8, 4) is 5.75 Å². The van der Waals surface area contributed by atoms with Gasteiger partial charge in [-0.05, 0) is 46.5 Å². The van der Waals surface area contributed by atoms with E-state index in [0.717, 1.165) is 27.9 Å². The van der Waals surface area contributed by atoms with Gasteiger partial charge in [0.2, 0.25) is 17.7 Å². The molecule has 9 rings (SSSR count). The first-order valence-corrected chi connectivity index (χ1v) is 14.2. The maximum Gasteiger partial charge on any atom is 0.316 e. The third-order valence-electron chi connectivity index (χ3n) is 9.27. The lowest BCUT2D eigenvalue weighted by Crippen LogP contribution is -2.41. The fourth-order valence-corrected chi connectivity index (χ4v) is 7.54. The molecule has 0 spiro atoms. The van der Waals surface area contributed by atoms with Crippen LogP contribution in [0.4, 0.5) is 11.4 Å². The summed E-state index contributed by atoms with van der Waals surface area (Å²) in [5.74, 6) is -2.87. The van der Waals surface area contributed by atoms with Crippen LogP contribution in [0.2, 0.25) is 0 Å². The van der Waals surface area contributed by atoms with E-state index < -0.39 is 23.7 Å². The maximum atomic E-state index is 14.1. The average Bonchev–Trinajstić information content (AvgIpc) is 3.54. The number of carbonyl (C=O) groups is 4. The second-order valence-electron chi connectivity index (χ2n) is 11.4. The van der Waals surface area contributed by atoms with Crippen LogP contribution < -0.4 is 14.5 Å². The SMILES string of the molecule is O=C(Oc1cccc(N2C(=O)[C@@H]3C4c5ccccc5C(c5ccccc54)[C@H]3C2=O)c1)[C@H]1CC(=O)N(c2ccccc2)C1. The Morgan fingerprint density at radius 3 is 1.74 bits per heavy atom. The van der Waals surface area contributed by atoms with Crippen molar-refractivity contribution in [2.24, 2.45) is 17.8 Å². The van der Waals surface area contributed by atoms with Crippen molar-refractivity contribution in [3.63, 3.8) is 0 Å². The third-order valence-corrected chi connectivity index (χ3v) is 9.27. The van der Waals surface area contributed by atoms with Gasteiger partial charge < -0.3 is 9.64 Å². The topological polar surface area (TPSA) is 84.0 Å². The van der Waals surface area contributed by atoms with E-state index in [1.54, 1.807) is 29.2 Å². The number of carbonyl (C=O) groups excluding carboxylic acids is 4. The first-order chi connectivity index (χ1) is 20.5. The largest absolute Gasteiger partial charge is 0.426 e. The van der Waals surface area contributed by atoms with Gasteiger partial charge in [0.1, 0.15) is 5.75 Å². The molecule has 2 fully saturated rings. The number of rotatable bonds is 4. The molecule has 206 valence electrons. The zero-order valence-electron chi connectivity index (χ0n) is 22.6. The number of hydrogen-bond acceptors (Lipinski definition) is 5. The maximum absolute atomic E-state index is 14.1. The van der Waals surface area contributed by atoms with Crippen LogP contribution in [0, 0.1) is 17.8 Å². The molecule has 2 saturated heterocycles. The molecule has 0 aromatic heterocycles. The fourth-order valence-electron chi connectivity index (χ4n) is 7.54. The van der Waals surface area contributed by atoms with Crippen molar-refractivity contribution in [2.45, 2.75) is 18.3 Å². The van der Waals surface area contributed by atoms with Crippen LogP contribution in [0.3, 0.4) is 0 Å². The summed E-state index contributed by atoms with van der Waals surface area (Å²) in [7, 11) is 0. The Kier molecular flexibility index (Phi) is 5.44. The molecule has 5 aliphatic rings. The molecule has 7 heteroatoms. The van der Waals surface area contributed by atoms with Crippen LogP contribution in [0.5, 0.6) is 5.75 Å². The second-order valence-corrected chi connectivity index (χ2v) is 11.4. The zero-order chi connectivity index (χ0) is 28.5. The number of benzene rings is 4. The minimum atomic E-state index is -0.619. The summed E-state index contributed by atoms with van der Waals surface area (Å²) in [5, 5.41) is 0. The van der Waals surface area contributed by atoms with Gasteiger partial charge in [0.25, 0.3) is 0 Å². The van der Waals surface area contributed by atoms with E-state index in [-0.39, 0.29) is 48.3 Å². The summed E-state index contributed by atoms with van der Waals surface area (Å²) in [6.45, 7) is 0.234. The van der Waals surface area contributed by atoms with Crippen LogP contribution in [0.15, 0.2) is 103 Å². The van der Waals surface area contributed by atoms with E-state index in [0.29, 0.717) is 5.69 Å². The Bertz CT molecular complexity index is 1680. The number of anilines is 2. The summed E-state index contributed by atoms with van der Waals surface area (Å²) >= 11 is 0. The van der Waals surface area contributed by atoms with E-state index in [2.05, 4.69) is 24.3 Å². The number of amides is 3. The number of hydrogen-bond donors (Lipinski definition) is 0. The molecule has 4 aromatic carbocycles. The van der Waals surface area contributed by atoms with E-state index in [4.69, 9.17) is 4.74 Å². The zero-order valence-corrected chi connectivity index (χ0v) is 22.6. The summed E-state index contributed by atoms with van der Waals surface area (Å²) in [6, 6.07) is 32.1. The molecule has 7 nitrogen and oxygen atoms in total. The molecular weight excluding hydrogens is 528 g/mol. The molecule has 3 amide bonds. The number of imide groups is 1. The van der Waals surface area contributed by atoms with Gasteiger partial charge >= 0.3 is 5.97 Å². The van der Waals surface area contributed by atoms with E-state index >= 15 is 0 Å². The minimum absolute atomic E-state index is 0.0593. The smallest absolute Gasteiger partial charge is 0.316 e. The molecule has 0 radical (unpaired) electrons. The lowest BCUT2D eigenvalue weighted by molar-refractivity contribution is -0.139. The number of esters is 1. The summed E-state index contributed by atoms with van der Waals surface area (Å²) in [5.41, 5.74) is 5.58. The number of nitrogens with zero attached hydrogens (tertiary/aromatic N) is 2. The molecule has 2 bridgehead atoms. The molecule has 2 heterocycles. The van der Waals surface area contributed by atoms with Gasteiger partial charge in [-0.15, -0.1) is 0 Å². The molecule has 42 heavy (non-hydrogen) atoms. The first-order valence-electron chi connectivity index (χ1n) is 14.2. The van der Waals surface area contributed by atoms with E-state index in [9.17, 15) is 19.2 Å². The van der Waals surface area contributed by atoms with Gasteiger partial charge in [-0.25, -0.2) is 4.90 Å². The predicted molar refractivity (Wildman–Crippen MR) is 155 cm³/mol. The molecule has 3 atom stereocenters. The Balaban J connectivity index is 1.07. The highest BCUT2D eigenvalue weighted by Crippen LogP contribution is 2.61. The fraction of sp³-hybridized carbons (Fsp3) is 0.200. The van der Waals surface area contributed by atoms with Crippen molar-refractivity contribution in [1.82, 2.24) is 0 Å². The molecular formula is C35H26N2O5. The second kappa shape index (κ2) is 9.24. The van der Waals surface area contributed by atoms with Gasteiger partial charge in [-0.2, -0.15) is 0 Å². The standard InChI is InChI=1S/C35H26N2O5/c38-28-17-20(19-36(28)21-9-2-1-3-10-21)35(41)42-23-12-8-11-22(18-23)37-33(39)31-29-24-13-4-5-14-25(24)30(32(31)34(37)40)27-16-7-6-15-26(27)29/h1-16,18,20,29-32H,17,19H2/t20-,29?,30?,31+,32+/m0/s1. The van der Waals surface area contributed by atoms with Gasteiger partial charge in [0.05, 0.1) is 23.4 Å². The lowest BCUT2D eigenvalue weighted by atomic mass is 9.55. The molecule has 2 aliphatic heterocycles. The Hall–Kier alpha value is -5.04. The van der Waals surface area contributed by atoms with Crippen molar-refractivity contribution >= 4 is 35.1 Å². The lowest BCUT2D eigenvalue weighted by Gasteiger charge is -2.45. The van der Waals surface area contributed by atoms with Gasteiger partial charge in [0.15, 0.2) is 0 Å². The predicted octanol–water partition coefficient (Wildman–Crippen LogP) is 5.04. The summed E-state index contributed by atoms with van der Waals surface area (Å²) in [4.78, 5) is 56.7. The molecule has 0 saturated carbocycles. The van der Waals surface area contributed by atoms with Crippen LogP contribution in [-0.2, 0) is 19.2 Å². The summed E-state index contributed by atoms with van der Waals surface area (Å²) in [6.07, 6.45) is 0.0593. The van der Waals surface area contributed by atoms with Crippen molar-refractivity contribution in [3.05, 3.63) is 125 Å². The van der Waals surface area contributed by atoms with E-state index in [1.165, 1.54) is 4.90 Å². The highest BCUT2D eigenvalue weighted by Gasteiger charge is 2.61. The Labute approximate surface area is 242 Å².